The third kappa shape index (κ3) is 3.28. The number of benzene rings is 3. The molecule has 1 nitrogen and oxygen atoms in total. The molecule has 34 heavy (non-hydrogen) atoms. The number of nitrogens with zero attached hydrogens (tertiary/aromatic N) is 1. The molecule has 1 heteroatoms. The summed E-state index contributed by atoms with van der Waals surface area (Å²) in [4.78, 5) is 2.68. The predicted molar refractivity (Wildman–Crippen MR) is 146 cm³/mol. The van der Waals surface area contributed by atoms with Crippen molar-refractivity contribution in [1.29, 1.82) is 0 Å². The highest BCUT2D eigenvalue weighted by molar-refractivity contribution is 5.92. The number of hydrogen-bond acceptors (Lipinski definition) is 1. The van der Waals surface area contributed by atoms with Crippen molar-refractivity contribution in [2.75, 3.05) is 4.90 Å². The second-order valence-corrected chi connectivity index (χ2v) is 10.9. The first-order valence-corrected chi connectivity index (χ1v) is 13.0. The van der Waals surface area contributed by atoms with Crippen LogP contribution in [-0.2, 0) is 6.42 Å². The average molecular weight is 446 g/mol. The number of rotatable bonds is 4. The normalized spacial score (nSPS) is 18.1. The van der Waals surface area contributed by atoms with Crippen molar-refractivity contribution in [3.05, 3.63) is 99.8 Å². The predicted octanol–water partition coefficient (Wildman–Crippen LogP) is 9.04. The van der Waals surface area contributed by atoms with E-state index < -0.39 is 0 Å². The van der Waals surface area contributed by atoms with E-state index in [1.807, 2.05) is 0 Å². The molecule has 3 aliphatic rings. The molecule has 3 aromatic carbocycles. The maximum Gasteiger partial charge on any atom is 0.0784 e. The van der Waals surface area contributed by atoms with E-state index in [4.69, 9.17) is 0 Å². The zero-order chi connectivity index (χ0) is 23.6. The fourth-order valence-corrected chi connectivity index (χ4v) is 6.49. The van der Waals surface area contributed by atoms with Crippen LogP contribution in [0.15, 0.2) is 66.4 Å². The number of fused-ring (bicyclic) bond motifs is 4. The van der Waals surface area contributed by atoms with Gasteiger partial charge in [-0.1, -0.05) is 80.4 Å². The van der Waals surface area contributed by atoms with Gasteiger partial charge in [0.15, 0.2) is 0 Å². The summed E-state index contributed by atoms with van der Waals surface area (Å²) in [5.74, 6) is 0.622. The van der Waals surface area contributed by atoms with E-state index in [0.29, 0.717) is 12.0 Å². The Kier molecular flexibility index (Phi) is 5.06. The molecule has 1 atom stereocenters. The molecular weight excluding hydrogens is 410 g/mol. The van der Waals surface area contributed by atoms with E-state index >= 15 is 0 Å². The van der Waals surface area contributed by atoms with Gasteiger partial charge in [0, 0.05) is 16.9 Å². The molecule has 0 amide bonds. The van der Waals surface area contributed by atoms with Gasteiger partial charge in [0.1, 0.15) is 0 Å². The fraction of sp³-hybridized carbons (Fsp3) is 0.333. The van der Waals surface area contributed by atoms with Crippen LogP contribution in [-0.4, -0.2) is 0 Å². The van der Waals surface area contributed by atoms with Crippen molar-refractivity contribution >= 4 is 16.8 Å². The van der Waals surface area contributed by atoms with Crippen molar-refractivity contribution in [2.24, 2.45) is 5.92 Å². The topological polar surface area (TPSA) is 3.24 Å². The van der Waals surface area contributed by atoms with Crippen LogP contribution < -0.4 is 4.90 Å². The second-order valence-electron chi connectivity index (χ2n) is 10.9. The van der Waals surface area contributed by atoms with E-state index in [-0.39, 0.29) is 0 Å². The molecule has 0 bridgehead atoms. The largest absolute Gasteiger partial charge is 0.333 e. The highest BCUT2D eigenvalue weighted by Crippen LogP contribution is 2.54. The van der Waals surface area contributed by atoms with E-state index in [0.717, 1.165) is 12.8 Å². The minimum Gasteiger partial charge on any atom is -0.333 e. The van der Waals surface area contributed by atoms with Crippen LogP contribution in [0.2, 0.25) is 0 Å². The lowest BCUT2D eigenvalue weighted by Crippen LogP contribution is -2.34. The van der Waals surface area contributed by atoms with Crippen molar-refractivity contribution in [3.63, 3.8) is 0 Å². The molecule has 0 aromatic heterocycles. The summed E-state index contributed by atoms with van der Waals surface area (Å²) in [7, 11) is 0. The molecule has 1 aliphatic carbocycles. The number of allylic oxidation sites excluding steroid dienone is 3. The standard InChI is InChI=1S/C33H35N/c1-6-30-27-13-11-25-16-22(5)17-29(33(25)27)32-19-26(15-20(2)3)28-18-24(12-14-31(28)34(30)32)23-9-7-21(4)8-10-23/h7-10,12,14,16-20,32H,6,11,13,15H2,1-5H3. The highest BCUT2D eigenvalue weighted by Gasteiger charge is 2.39. The second kappa shape index (κ2) is 8.01. The van der Waals surface area contributed by atoms with Gasteiger partial charge in [0.05, 0.1) is 6.04 Å². The molecule has 0 saturated heterocycles. The van der Waals surface area contributed by atoms with E-state index in [1.54, 1.807) is 16.7 Å². The molecule has 2 heterocycles. The Balaban J connectivity index is 1.58. The van der Waals surface area contributed by atoms with Crippen LogP contribution in [0.1, 0.15) is 79.5 Å². The van der Waals surface area contributed by atoms with Crippen LogP contribution in [0.25, 0.3) is 22.3 Å². The van der Waals surface area contributed by atoms with E-state index in [1.165, 1.54) is 63.2 Å². The molecular formula is C33H35N. The molecule has 0 saturated carbocycles. The average Bonchev–Trinajstić information content (AvgIpc) is 3.23. The molecule has 0 N–H and O–H groups in total. The van der Waals surface area contributed by atoms with E-state index in [9.17, 15) is 0 Å². The van der Waals surface area contributed by atoms with Crippen LogP contribution in [0.4, 0.5) is 5.69 Å². The van der Waals surface area contributed by atoms with E-state index in [2.05, 4.69) is 100 Å². The van der Waals surface area contributed by atoms with Crippen LogP contribution >= 0.6 is 0 Å². The van der Waals surface area contributed by atoms with Gasteiger partial charge in [-0.15, -0.1) is 0 Å². The molecule has 0 radical (unpaired) electrons. The third-order valence-electron chi connectivity index (χ3n) is 7.89. The molecule has 0 spiro atoms. The quantitative estimate of drug-likeness (QED) is 0.387. The summed E-state index contributed by atoms with van der Waals surface area (Å²) >= 11 is 0. The summed E-state index contributed by atoms with van der Waals surface area (Å²) in [6, 6.07) is 21.3. The zero-order valence-electron chi connectivity index (χ0n) is 21.2. The third-order valence-corrected chi connectivity index (χ3v) is 7.89. The zero-order valence-corrected chi connectivity index (χ0v) is 21.2. The van der Waals surface area contributed by atoms with Gasteiger partial charge < -0.3 is 4.90 Å². The molecule has 6 rings (SSSR count). The van der Waals surface area contributed by atoms with Gasteiger partial charge in [0.25, 0.3) is 0 Å². The molecule has 0 fully saturated rings. The van der Waals surface area contributed by atoms with Crippen LogP contribution in [0.5, 0.6) is 0 Å². The summed E-state index contributed by atoms with van der Waals surface area (Å²) < 4.78 is 0. The maximum absolute atomic E-state index is 2.68. The lowest BCUT2D eigenvalue weighted by atomic mass is 9.80. The fourth-order valence-electron chi connectivity index (χ4n) is 6.49. The number of hydrogen-bond donors (Lipinski definition) is 0. The molecule has 172 valence electrons. The van der Waals surface area contributed by atoms with Gasteiger partial charge in [-0.25, -0.2) is 0 Å². The summed E-state index contributed by atoms with van der Waals surface area (Å²) in [6.45, 7) is 11.4. The molecule has 2 aliphatic heterocycles. The summed E-state index contributed by atoms with van der Waals surface area (Å²) in [5, 5.41) is 0. The van der Waals surface area contributed by atoms with Crippen molar-refractivity contribution in [1.82, 2.24) is 0 Å². The first-order chi connectivity index (χ1) is 16.4. The lowest BCUT2D eigenvalue weighted by molar-refractivity contribution is 0.664. The van der Waals surface area contributed by atoms with Gasteiger partial charge in [0.2, 0.25) is 0 Å². The smallest absolute Gasteiger partial charge is 0.0784 e. The number of aryl methyl sites for hydroxylation is 3. The Bertz CT molecular complexity index is 1350. The Labute approximate surface area is 204 Å². The maximum atomic E-state index is 2.68. The Morgan fingerprint density at radius 3 is 2.38 bits per heavy atom. The Morgan fingerprint density at radius 1 is 0.882 bits per heavy atom. The van der Waals surface area contributed by atoms with Crippen LogP contribution in [0, 0.1) is 19.8 Å². The van der Waals surface area contributed by atoms with Gasteiger partial charge in [-0.05, 0) is 96.5 Å². The monoisotopic (exact) mass is 445 g/mol. The lowest BCUT2D eigenvalue weighted by Gasteiger charge is -2.44. The Morgan fingerprint density at radius 2 is 1.65 bits per heavy atom. The molecule has 1 unspecified atom stereocenters. The first-order valence-electron chi connectivity index (χ1n) is 13.0. The van der Waals surface area contributed by atoms with Crippen molar-refractivity contribution in [2.45, 2.75) is 66.3 Å². The van der Waals surface area contributed by atoms with Gasteiger partial charge in [-0.2, -0.15) is 0 Å². The highest BCUT2D eigenvalue weighted by atomic mass is 15.2. The van der Waals surface area contributed by atoms with Gasteiger partial charge in [-0.3, -0.25) is 0 Å². The summed E-state index contributed by atoms with van der Waals surface area (Å²) in [6.07, 6.45) is 7.15. The van der Waals surface area contributed by atoms with Crippen LogP contribution in [0.3, 0.4) is 0 Å². The first kappa shape index (κ1) is 21.5. The minimum absolute atomic E-state index is 0.303. The SMILES string of the molecule is CCC1=C2CCc3cc(C)cc(c32)C2C=C(CC(C)C)c3cc(-c4ccc(C)cc4)ccc3N12. The Hall–Kier alpha value is -3.06. The number of anilines is 1. The molecule has 3 aromatic rings. The van der Waals surface area contributed by atoms with Gasteiger partial charge >= 0.3 is 0 Å². The minimum atomic E-state index is 0.303. The summed E-state index contributed by atoms with van der Waals surface area (Å²) in [5.41, 5.74) is 17.4. The van der Waals surface area contributed by atoms with Crippen molar-refractivity contribution < 1.29 is 0 Å². The van der Waals surface area contributed by atoms with Crippen molar-refractivity contribution in [3.8, 4) is 11.1 Å².